The Labute approximate surface area is 139 Å². The molecule has 1 aromatic rings. The lowest BCUT2D eigenvalue weighted by molar-refractivity contribution is 0.172. The first-order valence-electron chi connectivity index (χ1n) is 7.91. The Morgan fingerprint density at radius 2 is 1.95 bits per heavy atom. The van der Waals surface area contributed by atoms with Gasteiger partial charge in [-0.15, -0.1) is 0 Å². The van der Waals surface area contributed by atoms with Crippen LogP contribution >= 0.6 is 12.2 Å². The van der Waals surface area contributed by atoms with Crippen LogP contribution in [0.25, 0.3) is 0 Å². The molecule has 0 amide bonds. The zero-order chi connectivity index (χ0) is 16.1. The number of methoxy groups -OCH3 is 1. The summed E-state index contributed by atoms with van der Waals surface area (Å²) in [6, 6.07) is 6.76. The molecule has 0 spiro atoms. The number of benzene rings is 1. The highest BCUT2D eigenvalue weighted by Gasteiger charge is 2.20. The molecule has 1 fully saturated rings. The molecule has 1 saturated heterocycles. The van der Waals surface area contributed by atoms with Crippen molar-refractivity contribution in [3.63, 3.8) is 0 Å². The highest BCUT2D eigenvalue weighted by molar-refractivity contribution is 7.80. The van der Waals surface area contributed by atoms with Gasteiger partial charge >= 0.3 is 0 Å². The maximum Gasteiger partial charge on any atom is 0.169 e. The molecule has 0 bridgehead atoms. The molecular weight excluding hydrogens is 294 g/mol. The molecule has 1 heterocycles. The predicted molar refractivity (Wildman–Crippen MR) is 95.5 cm³/mol. The Kier molecular flexibility index (Phi) is 6.03. The summed E-state index contributed by atoms with van der Waals surface area (Å²) in [6.07, 6.45) is 0. The molecule has 1 N–H and O–H groups in total. The standard InChI is InChI=1S/C17H27N3OS/c1-13(2)18-17(22)20-9-7-19(8-10-20)12-15-11-14(3)5-6-16(15)21-4/h5-6,11,13H,7-10,12H2,1-4H3,(H,18,22). The summed E-state index contributed by atoms with van der Waals surface area (Å²) in [6.45, 7) is 11.3. The predicted octanol–water partition coefficient (Wildman–Crippen LogP) is 2.40. The minimum atomic E-state index is 0.391. The number of hydrogen-bond acceptors (Lipinski definition) is 3. The van der Waals surface area contributed by atoms with Gasteiger partial charge in [-0.05, 0) is 39.1 Å². The Hall–Kier alpha value is -1.33. The summed E-state index contributed by atoms with van der Waals surface area (Å²) in [5.74, 6) is 0.977. The highest BCUT2D eigenvalue weighted by atomic mass is 32.1. The van der Waals surface area contributed by atoms with Gasteiger partial charge in [-0.1, -0.05) is 17.7 Å². The van der Waals surface area contributed by atoms with E-state index in [1.165, 1.54) is 11.1 Å². The van der Waals surface area contributed by atoms with Crippen LogP contribution in [0.2, 0.25) is 0 Å². The number of hydrogen-bond donors (Lipinski definition) is 1. The number of rotatable bonds is 4. The van der Waals surface area contributed by atoms with E-state index in [1.54, 1.807) is 7.11 Å². The average Bonchev–Trinajstić information content (AvgIpc) is 2.47. The van der Waals surface area contributed by atoms with E-state index in [0.29, 0.717) is 6.04 Å². The maximum atomic E-state index is 5.48. The Balaban J connectivity index is 1.90. The molecule has 5 heteroatoms. The third-order valence-electron chi connectivity index (χ3n) is 3.90. The van der Waals surface area contributed by atoms with Crippen LogP contribution in [0.3, 0.4) is 0 Å². The van der Waals surface area contributed by atoms with Gasteiger partial charge in [0.2, 0.25) is 0 Å². The van der Waals surface area contributed by atoms with Crippen molar-refractivity contribution in [1.82, 2.24) is 15.1 Å². The molecular formula is C17H27N3OS. The molecule has 0 aromatic heterocycles. The van der Waals surface area contributed by atoms with Crippen LogP contribution < -0.4 is 10.1 Å². The van der Waals surface area contributed by atoms with Crippen LogP contribution in [0.15, 0.2) is 18.2 Å². The zero-order valence-electron chi connectivity index (χ0n) is 14.1. The van der Waals surface area contributed by atoms with E-state index in [2.05, 4.69) is 54.1 Å². The van der Waals surface area contributed by atoms with Crippen molar-refractivity contribution < 1.29 is 4.74 Å². The monoisotopic (exact) mass is 321 g/mol. The molecule has 22 heavy (non-hydrogen) atoms. The van der Waals surface area contributed by atoms with Crippen molar-refractivity contribution in [3.8, 4) is 5.75 Å². The Morgan fingerprint density at radius 1 is 1.27 bits per heavy atom. The van der Waals surface area contributed by atoms with Gasteiger partial charge in [-0.3, -0.25) is 4.90 Å². The number of ether oxygens (including phenoxy) is 1. The van der Waals surface area contributed by atoms with Gasteiger partial charge in [0, 0.05) is 44.3 Å². The number of nitrogens with zero attached hydrogens (tertiary/aromatic N) is 2. The van der Waals surface area contributed by atoms with Crippen LogP contribution in [0.4, 0.5) is 0 Å². The minimum Gasteiger partial charge on any atom is -0.496 e. The quantitative estimate of drug-likeness (QED) is 0.860. The fourth-order valence-electron chi connectivity index (χ4n) is 2.72. The summed E-state index contributed by atoms with van der Waals surface area (Å²) >= 11 is 5.45. The summed E-state index contributed by atoms with van der Waals surface area (Å²) in [5, 5.41) is 4.20. The Bertz CT molecular complexity index is 511. The molecule has 4 nitrogen and oxygen atoms in total. The number of piperazine rings is 1. The molecule has 0 radical (unpaired) electrons. The van der Waals surface area contributed by atoms with Gasteiger partial charge in [-0.2, -0.15) is 0 Å². The van der Waals surface area contributed by atoms with E-state index in [9.17, 15) is 0 Å². The highest BCUT2D eigenvalue weighted by Crippen LogP contribution is 2.22. The van der Waals surface area contributed by atoms with E-state index in [0.717, 1.165) is 43.6 Å². The molecule has 1 aliphatic heterocycles. The lowest BCUT2D eigenvalue weighted by Crippen LogP contribution is -2.52. The third-order valence-corrected chi connectivity index (χ3v) is 4.28. The van der Waals surface area contributed by atoms with E-state index >= 15 is 0 Å². The van der Waals surface area contributed by atoms with Crippen LogP contribution in [-0.2, 0) is 6.54 Å². The lowest BCUT2D eigenvalue weighted by Gasteiger charge is -2.36. The van der Waals surface area contributed by atoms with E-state index in [4.69, 9.17) is 17.0 Å². The second-order valence-electron chi connectivity index (χ2n) is 6.18. The average molecular weight is 321 g/mol. The summed E-state index contributed by atoms with van der Waals surface area (Å²) in [4.78, 5) is 4.73. The second-order valence-corrected chi connectivity index (χ2v) is 6.57. The van der Waals surface area contributed by atoms with Crippen molar-refractivity contribution in [2.75, 3.05) is 33.3 Å². The van der Waals surface area contributed by atoms with Crippen molar-refractivity contribution >= 4 is 17.3 Å². The molecule has 2 rings (SSSR count). The number of thiocarbonyl (C=S) groups is 1. The fourth-order valence-corrected chi connectivity index (χ4v) is 3.14. The largest absolute Gasteiger partial charge is 0.496 e. The van der Waals surface area contributed by atoms with E-state index in [1.807, 2.05) is 0 Å². The summed E-state index contributed by atoms with van der Waals surface area (Å²) in [5.41, 5.74) is 2.54. The van der Waals surface area contributed by atoms with E-state index < -0.39 is 0 Å². The van der Waals surface area contributed by atoms with Gasteiger partial charge in [0.05, 0.1) is 7.11 Å². The maximum absolute atomic E-state index is 5.48. The number of nitrogens with one attached hydrogen (secondary N) is 1. The smallest absolute Gasteiger partial charge is 0.169 e. The first kappa shape index (κ1) is 17.0. The summed E-state index contributed by atoms with van der Waals surface area (Å²) < 4.78 is 5.48. The lowest BCUT2D eigenvalue weighted by atomic mass is 10.1. The molecule has 0 unspecified atom stereocenters. The molecule has 0 atom stereocenters. The van der Waals surface area contributed by atoms with Gasteiger partial charge in [0.1, 0.15) is 5.75 Å². The van der Waals surface area contributed by atoms with Crippen LogP contribution in [-0.4, -0.2) is 54.2 Å². The SMILES string of the molecule is COc1ccc(C)cc1CN1CCN(C(=S)NC(C)C)CC1. The van der Waals surface area contributed by atoms with Crippen molar-refractivity contribution in [2.24, 2.45) is 0 Å². The normalized spacial score (nSPS) is 16.0. The van der Waals surface area contributed by atoms with Gasteiger partial charge in [0.25, 0.3) is 0 Å². The van der Waals surface area contributed by atoms with Crippen LogP contribution in [0.5, 0.6) is 5.75 Å². The zero-order valence-corrected chi connectivity index (χ0v) is 14.9. The minimum absolute atomic E-state index is 0.391. The van der Waals surface area contributed by atoms with Gasteiger partial charge < -0.3 is 15.0 Å². The molecule has 1 aromatic carbocycles. The summed E-state index contributed by atoms with van der Waals surface area (Å²) in [7, 11) is 1.74. The van der Waals surface area contributed by atoms with Crippen molar-refractivity contribution in [1.29, 1.82) is 0 Å². The fraction of sp³-hybridized carbons (Fsp3) is 0.588. The first-order valence-corrected chi connectivity index (χ1v) is 8.31. The first-order chi connectivity index (χ1) is 10.5. The van der Waals surface area contributed by atoms with Crippen molar-refractivity contribution in [2.45, 2.75) is 33.4 Å². The van der Waals surface area contributed by atoms with E-state index in [-0.39, 0.29) is 0 Å². The van der Waals surface area contributed by atoms with Crippen LogP contribution in [0, 0.1) is 6.92 Å². The Morgan fingerprint density at radius 3 is 2.55 bits per heavy atom. The number of aryl methyl sites for hydroxylation is 1. The second kappa shape index (κ2) is 7.79. The van der Waals surface area contributed by atoms with Crippen LogP contribution in [0.1, 0.15) is 25.0 Å². The molecule has 1 aliphatic rings. The van der Waals surface area contributed by atoms with Gasteiger partial charge in [0.15, 0.2) is 5.11 Å². The van der Waals surface area contributed by atoms with Crippen molar-refractivity contribution in [3.05, 3.63) is 29.3 Å². The third kappa shape index (κ3) is 4.58. The molecule has 0 saturated carbocycles. The molecule has 122 valence electrons. The van der Waals surface area contributed by atoms with Gasteiger partial charge in [-0.25, -0.2) is 0 Å². The topological polar surface area (TPSA) is 27.7 Å². The molecule has 0 aliphatic carbocycles.